The zero-order valence-electron chi connectivity index (χ0n) is 30.0. The second-order valence-corrected chi connectivity index (χ2v) is 15.3. The lowest BCUT2D eigenvalue weighted by Gasteiger charge is -2.21. The van der Waals surface area contributed by atoms with Gasteiger partial charge in [-0.3, -0.25) is 0 Å². The van der Waals surface area contributed by atoms with Crippen molar-refractivity contribution in [3.8, 4) is 33.6 Å². The van der Waals surface area contributed by atoms with Crippen LogP contribution >= 0.6 is 0 Å². The van der Waals surface area contributed by atoms with Crippen LogP contribution in [0.5, 0.6) is 0 Å². The monoisotopic (exact) mass is 690 g/mol. The lowest BCUT2D eigenvalue weighted by molar-refractivity contribution is 0.661. The molecule has 0 saturated heterocycles. The van der Waals surface area contributed by atoms with Gasteiger partial charge in [-0.25, -0.2) is 0 Å². The van der Waals surface area contributed by atoms with Crippen LogP contribution in [0, 0.1) is 0 Å². The molecule has 0 amide bonds. The Hall–Kier alpha value is -6.84. The number of para-hydroxylation sites is 3. The number of rotatable bonds is 3. The summed E-state index contributed by atoms with van der Waals surface area (Å²) in [6.45, 7) is 4.73. The molecule has 1 aliphatic carbocycles. The van der Waals surface area contributed by atoms with E-state index in [4.69, 9.17) is 4.42 Å². The molecule has 0 spiro atoms. The molecule has 0 aliphatic heterocycles. The molecule has 0 N–H and O–H groups in total. The summed E-state index contributed by atoms with van der Waals surface area (Å²) in [6.07, 6.45) is 0. The van der Waals surface area contributed by atoms with Gasteiger partial charge in [0.1, 0.15) is 5.58 Å². The van der Waals surface area contributed by atoms with Crippen LogP contribution in [0.1, 0.15) is 25.0 Å². The van der Waals surface area contributed by atoms with Crippen molar-refractivity contribution in [3.05, 3.63) is 181 Å². The van der Waals surface area contributed by atoms with Gasteiger partial charge in [0.05, 0.1) is 22.1 Å². The molecule has 11 aromatic rings. The first-order chi connectivity index (χ1) is 26.6. The Morgan fingerprint density at radius 3 is 1.93 bits per heavy atom. The molecule has 0 unspecified atom stereocenters. The summed E-state index contributed by atoms with van der Waals surface area (Å²) in [4.78, 5) is 0. The summed E-state index contributed by atoms with van der Waals surface area (Å²) >= 11 is 0. The maximum atomic E-state index is 6.65. The fraction of sp³-hybridized carbons (Fsp3) is 0.0588. The highest BCUT2D eigenvalue weighted by Crippen LogP contribution is 2.53. The number of aromatic nitrogens is 2. The van der Waals surface area contributed by atoms with Gasteiger partial charge in [-0.15, -0.1) is 0 Å². The molecule has 3 heterocycles. The molecule has 8 aromatic carbocycles. The highest BCUT2D eigenvalue weighted by atomic mass is 16.3. The Balaban J connectivity index is 1.14. The van der Waals surface area contributed by atoms with Gasteiger partial charge in [0.2, 0.25) is 0 Å². The summed E-state index contributed by atoms with van der Waals surface area (Å²) in [5, 5.41) is 7.26. The second-order valence-electron chi connectivity index (χ2n) is 15.3. The zero-order valence-corrected chi connectivity index (χ0v) is 30.0. The van der Waals surface area contributed by atoms with Crippen LogP contribution in [0.2, 0.25) is 0 Å². The van der Waals surface area contributed by atoms with E-state index < -0.39 is 0 Å². The van der Waals surface area contributed by atoms with Crippen LogP contribution < -0.4 is 0 Å². The number of hydrogen-bond acceptors (Lipinski definition) is 1. The molecule has 0 atom stereocenters. The molecule has 12 rings (SSSR count). The lowest BCUT2D eigenvalue weighted by atomic mass is 9.82. The van der Waals surface area contributed by atoms with Gasteiger partial charge in [-0.1, -0.05) is 123 Å². The van der Waals surface area contributed by atoms with E-state index in [2.05, 4.69) is 187 Å². The average Bonchev–Trinajstić information content (AvgIpc) is 3.93. The maximum absolute atomic E-state index is 6.65. The summed E-state index contributed by atoms with van der Waals surface area (Å²) in [5.41, 5.74) is 16.6. The van der Waals surface area contributed by atoms with Crippen molar-refractivity contribution in [2.75, 3.05) is 0 Å². The van der Waals surface area contributed by atoms with Gasteiger partial charge < -0.3 is 13.6 Å². The van der Waals surface area contributed by atoms with Gasteiger partial charge in [0.25, 0.3) is 0 Å². The zero-order chi connectivity index (χ0) is 35.7. The van der Waals surface area contributed by atoms with Crippen molar-refractivity contribution in [1.29, 1.82) is 0 Å². The quantitative estimate of drug-likeness (QED) is 0.181. The molecule has 0 fully saturated rings. The number of hydrogen-bond donors (Lipinski definition) is 0. The van der Waals surface area contributed by atoms with Gasteiger partial charge >= 0.3 is 0 Å². The Kier molecular flexibility index (Phi) is 5.84. The predicted molar refractivity (Wildman–Crippen MR) is 225 cm³/mol. The third kappa shape index (κ3) is 3.85. The molecule has 3 heteroatoms. The molecule has 0 bridgehead atoms. The van der Waals surface area contributed by atoms with Crippen LogP contribution in [0.15, 0.2) is 174 Å². The SMILES string of the molecule is CC1(C)c2ccccc2-c2c1ccc1c2c2ccc(-c3ccc4c(c3)c3ccc5c6ccccc6oc5c3n4-c3ccccc3)cc2n1-c1ccccc1. The predicted octanol–water partition coefficient (Wildman–Crippen LogP) is 13.8. The standard InChI is InChI=1S/C51H34N2O/c1-51(2)41-19-11-9-18-38(41)47-42(51)26-28-44-48(47)39-23-21-32(30-45(39)52(44)33-13-5-3-6-14-33)31-22-27-43-40(29-31)36-24-25-37-35-17-10-12-20-46(35)54-50(37)49(36)53(43)34-15-7-4-8-16-34/h3-30H,1-2H3. The fourth-order valence-electron chi connectivity index (χ4n) is 9.64. The largest absolute Gasteiger partial charge is 0.454 e. The minimum Gasteiger partial charge on any atom is -0.454 e. The van der Waals surface area contributed by atoms with Gasteiger partial charge in [0, 0.05) is 49.1 Å². The van der Waals surface area contributed by atoms with Crippen molar-refractivity contribution in [1.82, 2.24) is 9.13 Å². The van der Waals surface area contributed by atoms with Crippen molar-refractivity contribution in [3.63, 3.8) is 0 Å². The Morgan fingerprint density at radius 2 is 1.09 bits per heavy atom. The second kappa shape index (κ2) is 10.6. The topological polar surface area (TPSA) is 23.0 Å². The summed E-state index contributed by atoms with van der Waals surface area (Å²) in [7, 11) is 0. The van der Waals surface area contributed by atoms with E-state index in [1.54, 1.807) is 0 Å². The van der Waals surface area contributed by atoms with Crippen molar-refractivity contribution >= 4 is 65.6 Å². The molecule has 1 aliphatic rings. The first-order valence-electron chi connectivity index (χ1n) is 18.8. The third-order valence-corrected chi connectivity index (χ3v) is 12.1. The van der Waals surface area contributed by atoms with E-state index in [0.717, 1.165) is 44.3 Å². The highest BCUT2D eigenvalue weighted by molar-refractivity contribution is 6.22. The molecular weight excluding hydrogens is 657 g/mol. The fourth-order valence-corrected chi connectivity index (χ4v) is 9.64. The van der Waals surface area contributed by atoms with Crippen LogP contribution in [0.25, 0.3) is 99.2 Å². The normalized spacial score (nSPS) is 13.5. The summed E-state index contributed by atoms with van der Waals surface area (Å²) < 4.78 is 11.5. The van der Waals surface area contributed by atoms with E-state index in [0.29, 0.717) is 0 Å². The number of nitrogens with zero attached hydrogens (tertiary/aromatic N) is 2. The van der Waals surface area contributed by atoms with Crippen molar-refractivity contribution < 1.29 is 4.42 Å². The van der Waals surface area contributed by atoms with Gasteiger partial charge in [-0.05, 0) is 94.0 Å². The van der Waals surface area contributed by atoms with Crippen molar-refractivity contribution in [2.24, 2.45) is 0 Å². The maximum Gasteiger partial charge on any atom is 0.160 e. The minimum absolute atomic E-state index is 0.0660. The highest BCUT2D eigenvalue weighted by Gasteiger charge is 2.37. The first kappa shape index (κ1) is 29.7. The van der Waals surface area contributed by atoms with E-state index >= 15 is 0 Å². The van der Waals surface area contributed by atoms with Crippen LogP contribution in [-0.4, -0.2) is 9.13 Å². The number of fused-ring (bicyclic) bond motifs is 14. The lowest BCUT2D eigenvalue weighted by Crippen LogP contribution is -2.14. The average molecular weight is 691 g/mol. The Bertz CT molecular complexity index is 3340. The molecular formula is C51H34N2O. The molecule has 0 saturated carbocycles. The Labute approximate surface area is 311 Å². The van der Waals surface area contributed by atoms with Crippen LogP contribution in [0.4, 0.5) is 0 Å². The number of furan rings is 1. The van der Waals surface area contributed by atoms with E-state index in [1.807, 2.05) is 6.07 Å². The van der Waals surface area contributed by atoms with Gasteiger partial charge in [0.15, 0.2) is 5.58 Å². The number of benzene rings is 8. The van der Waals surface area contributed by atoms with Crippen LogP contribution in [0.3, 0.4) is 0 Å². The summed E-state index contributed by atoms with van der Waals surface area (Å²) in [6, 6.07) is 62.0. The van der Waals surface area contributed by atoms with Crippen molar-refractivity contribution in [2.45, 2.75) is 19.3 Å². The molecule has 0 radical (unpaired) electrons. The smallest absolute Gasteiger partial charge is 0.160 e. The minimum atomic E-state index is -0.0660. The third-order valence-electron chi connectivity index (χ3n) is 12.1. The molecule has 54 heavy (non-hydrogen) atoms. The van der Waals surface area contributed by atoms with E-state index in [9.17, 15) is 0 Å². The van der Waals surface area contributed by atoms with E-state index in [-0.39, 0.29) is 5.41 Å². The first-order valence-corrected chi connectivity index (χ1v) is 18.8. The Morgan fingerprint density at radius 1 is 0.444 bits per heavy atom. The molecule has 3 nitrogen and oxygen atoms in total. The molecule has 254 valence electrons. The van der Waals surface area contributed by atoms with E-state index in [1.165, 1.54) is 66.0 Å². The molecule has 3 aromatic heterocycles. The van der Waals surface area contributed by atoms with Gasteiger partial charge in [-0.2, -0.15) is 0 Å². The summed E-state index contributed by atoms with van der Waals surface area (Å²) in [5.74, 6) is 0. The van der Waals surface area contributed by atoms with Crippen LogP contribution in [-0.2, 0) is 5.41 Å².